The minimum absolute atomic E-state index is 0.0538. The lowest BCUT2D eigenvalue weighted by Crippen LogP contribution is -2.31. The van der Waals surface area contributed by atoms with Crippen molar-refractivity contribution in [2.75, 3.05) is 22.9 Å². The van der Waals surface area contributed by atoms with Crippen molar-refractivity contribution in [2.24, 2.45) is 0 Å². The summed E-state index contributed by atoms with van der Waals surface area (Å²) in [4.78, 5) is 34.8. The van der Waals surface area contributed by atoms with Crippen molar-refractivity contribution in [3.63, 3.8) is 0 Å². The van der Waals surface area contributed by atoms with Gasteiger partial charge in [0.2, 0.25) is 0 Å². The highest BCUT2D eigenvalue weighted by Gasteiger charge is 2.47. The fourth-order valence-electron chi connectivity index (χ4n) is 4.95. The van der Waals surface area contributed by atoms with Gasteiger partial charge in [-0.2, -0.15) is 0 Å². The Hall–Kier alpha value is -3.93. The molecule has 2 aromatic carbocycles. The van der Waals surface area contributed by atoms with Gasteiger partial charge in [0.15, 0.2) is 0 Å². The summed E-state index contributed by atoms with van der Waals surface area (Å²) < 4.78 is 0. The number of nitrogens with zero attached hydrogens (tertiary/aromatic N) is 3. The molecule has 178 valence electrons. The van der Waals surface area contributed by atoms with E-state index in [0.29, 0.717) is 16.9 Å². The van der Waals surface area contributed by atoms with Crippen molar-refractivity contribution in [1.29, 1.82) is 0 Å². The molecule has 2 saturated heterocycles. The van der Waals surface area contributed by atoms with Gasteiger partial charge in [-0.25, -0.2) is 0 Å². The van der Waals surface area contributed by atoms with Crippen LogP contribution in [0.5, 0.6) is 0 Å². The molecule has 6 heteroatoms. The largest absolute Gasteiger partial charge is 0.507 e. The SMILES string of the molecule is CCc1ccc(/C(O)=C2\C(=O)C(=O)N(c3ccc(N4CCCCC4)cc3)C2c2ccccn2)cc1. The smallest absolute Gasteiger partial charge is 0.300 e. The Kier molecular flexibility index (Phi) is 6.36. The number of aliphatic hydroxyl groups is 1. The molecule has 1 atom stereocenters. The first-order chi connectivity index (χ1) is 17.1. The summed E-state index contributed by atoms with van der Waals surface area (Å²) in [6.07, 6.45) is 6.10. The first-order valence-corrected chi connectivity index (χ1v) is 12.2. The van der Waals surface area contributed by atoms with Crippen molar-refractivity contribution in [3.05, 3.63) is 95.3 Å². The molecule has 0 bridgehead atoms. The molecule has 0 aliphatic carbocycles. The Labute approximate surface area is 205 Å². The summed E-state index contributed by atoms with van der Waals surface area (Å²) >= 11 is 0. The van der Waals surface area contributed by atoms with E-state index >= 15 is 0 Å². The zero-order valence-electron chi connectivity index (χ0n) is 19.9. The second-order valence-electron chi connectivity index (χ2n) is 9.04. The minimum atomic E-state index is -0.817. The number of amides is 1. The lowest BCUT2D eigenvalue weighted by atomic mass is 9.97. The molecule has 1 unspecified atom stereocenters. The highest BCUT2D eigenvalue weighted by atomic mass is 16.3. The molecule has 5 rings (SSSR count). The maximum atomic E-state index is 13.3. The molecule has 0 spiro atoms. The molecule has 6 nitrogen and oxygen atoms in total. The third-order valence-electron chi connectivity index (χ3n) is 6.90. The first kappa shape index (κ1) is 22.8. The van der Waals surface area contributed by atoms with Gasteiger partial charge in [0.25, 0.3) is 11.7 Å². The molecular formula is C29H29N3O3. The summed E-state index contributed by atoms with van der Waals surface area (Å²) in [6.45, 7) is 4.10. The number of piperidine rings is 1. The Bertz CT molecular complexity index is 1240. The second kappa shape index (κ2) is 9.74. The molecule has 2 fully saturated rings. The number of aromatic nitrogens is 1. The molecule has 3 aromatic rings. The molecular weight excluding hydrogens is 438 g/mol. The van der Waals surface area contributed by atoms with E-state index in [-0.39, 0.29) is 11.3 Å². The zero-order valence-corrected chi connectivity index (χ0v) is 19.9. The summed E-state index contributed by atoms with van der Waals surface area (Å²) in [6, 6.07) is 19.7. The normalized spacial score (nSPS) is 19.9. The molecule has 3 heterocycles. The van der Waals surface area contributed by atoms with Crippen LogP contribution in [-0.4, -0.2) is 34.9 Å². The van der Waals surface area contributed by atoms with E-state index in [4.69, 9.17) is 0 Å². The summed E-state index contributed by atoms with van der Waals surface area (Å²) in [5.41, 5.74) is 3.91. The van der Waals surface area contributed by atoms with Gasteiger partial charge in [0.05, 0.1) is 11.3 Å². The zero-order chi connectivity index (χ0) is 24.4. The third kappa shape index (κ3) is 4.32. The van der Waals surface area contributed by atoms with Crippen LogP contribution in [0.3, 0.4) is 0 Å². The number of hydrogen-bond acceptors (Lipinski definition) is 5. The van der Waals surface area contributed by atoms with E-state index in [9.17, 15) is 14.7 Å². The van der Waals surface area contributed by atoms with E-state index in [1.165, 1.54) is 24.2 Å². The number of carbonyl (C=O) groups excluding carboxylic acids is 2. The van der Waals surface area contributed by atoms with Crippen molar-refractivity contribution in [2.45, 2.75) is 38.6 Å². The van der Waals surface area contributed by atoms with Crippen LogP contribution in [0, 0.1) is 0 Å². The number of aryl methyl sites for hydroxylation is 1. The summed E-state index contributed by atoms with van der Waals surface area (Å²) in [7, 11) is 0. The Morgan fingerprint density at radius 3 is 2.23 bits per heavy atom. The third-order valence-corrected chi connectivity index (χ3v) is 6.90. The molecule has 2 aliphatic rings. The summed E-state index contributed by atoms with van der Waals surface area (Å²) in [5.74, 6) is -1.56. The van der Waals surface area contributed by atoms with Crippen LogP contribution in [0.15, 0.2) is 78.5 Å². The van der Waals surface area contributed by atoms with Gasteiger partial charge >= 0.3 is 0 Å². The van der Waals surface area contributed by atoms with Gasteiger partial charge in [-0.3, -0.25) is 19.5 Å². The number of ketones is 1. The predicted octanol–water partition coefficient (Wildman–Crippen LogP) is 5.26. The average Bonchev–Trinajstić information content (AvgIpc) is 3.19. The number of pyridine rings is 1. The molecule has 0 radical (unpaired) electrons. The Morgan fingerprint density at radius 1 is 0.914 bits per heavy atom. The Morgan fingerprint density at radius 2 is 1.60 bits per heavy atom. The lowest BCUT2D eigenvalue weighted by molar-refractivity contribution is -0.132. The van der Waals surface area contributed by atoms with Crippen molar-refractivity contribution >= 4 is 28.8 Å². The number of aliphatic hydroxyl groups excluding tert-OH is 1. The van der Waals surface area contributed by atoms with Crippen LogP contribution in [0.25, 0.3) is 5.76 Å². The number of anilines is 2. The predicted molar refractivity (Wildman–Crippen MR) is 137 cm³/mol. The van der Waals surface area contributed by atoms with E-state index in [1.54, 1.807) is 30.5 Å². The fraction of sp³-hybridized carbons (Fsp3) is 0.276. The lowest BCUT2D eigenvalue weighted by Gasteiger charge is -2.30. The van der Waals surface area contributed by atoms with Crippen LogP contribution in [0.1, 0.15) is 49.0 Å². The average molecular weight is 468 g/mol. The number of benzene rings is 2. The highest BCUT2D eigenvalue weighted by molar-refractivity contribution is 6.51. The topological polar surface area (TPSA) is 73.7 Å². The van der Waals surface area contributed by atoms with Gasteiger partial charge in [-0.05, 0) is 67.6 Å². The van der Waals surface area contributed by atoms with Crippen molar-refractivity contribution in [3.8, 4) is 0 Å². The van der Waals surface area contributed by atoms with Crippen LogP contribution < -0.4 is 9.80 Å². The summed E-state index contributed by atoms with van der Waals surface area (Å²) in [5, 5.41) is 11.2. The van der Waals surface area contributed by atoms with Gasteiger partial charge in [-0.1, -0.05) is 37.3 Å². The monoisotopic (exact) mass is 467 g/mol. The molecule has 0 saturated carbocycles. The quantitative estimate of drug-likeness (QED) is 0.315. The number of hydrogen-bond donors (Lipinski definition) is 1. The van der Waals surface area contributed by atoms with E-state index < -0.39 is 17.7 Å². The van der Waals surface area contributed by atoms with Gasteiger partial charge in [0.1, 0.15) is 11.8 Å². The standard InChI is InChI=1S/C29H29N3O3/c1-2-20-9-11-21(12-10-20)27(33)25-26(24-8-4-5-17-30-24)32(29(35)28(25)34)23-15-13-22(14-16-23)31-18-6-3-7-19-31/h4-5,8-17,26,33H,2-3,6-7,18-19H2,1H3/b27-25+. The number of rotatable bonds is 5. The molecule has 2 aliphatic heterocycles. The van der Waals surface area contributed by atoms with E-state index in [2.05, 4.69) is 16.8 Å². The fourth-order valence-corrected chi connectivity index (χ4v) is 4.95. The van der Waals surface area contributed by atoms with Gasteiger partial charge in [-0.15, -0.1) is 0 Å². The van der Waals surface area contributed by atoms with Crippen LogP contribution in [0.4, 0.5) is 11.4 Å². The minimum Gasteiger partial charge on any atom is -0.507 e. The Balaban J connectivity index is 1.58. The first-order valence-electron chi connectivity index (χ1n) is 12.2. The molecule has 35 heavy (non-hydrogen) atoms. The maximum absolute atomic E-state index is 13.3. The van der Waals surface area contributed by atoms with Crippen LogP contribution in [0.2, 0.25) is 0 Å². The molecule has 1 amide bonds. The van der Waals surface area contributed by atoms with Gasteiger partial charge < -0.3 is 10.0 Å². The highest BCUT2D eigenvalue weighted by Crippen LogP contribution is 2.41. The molecule has 1 N–H and O–H groups in total. The number of carbonyl (C=O) groups is 2. The van der Waals surface area contributed by atoms with Crippen LogP contribution >= 0.6 is 0 Å². The maximum Gasteiger partial charge on any atom is 0.300 e. The number of Topliss-reactive ketones (excluding diaryl/α,β-unsaturated/α-hetero) is 1. The van der Waals surface area contributed by atoms with E-state index in [0.717, 1.165) is 30.8 Å². The second-order valence-corrected chi connectivity index (χ2v) is 9.04. The molecule has 1 aromatic heterocycles. The van der Waals surface area contributed by atoms with E-state index in [1.807, 2.05) is 42.5 Å². The van der Waals surface area contributed by atoms with Crippen LogP contribution in [-0.2, 0) is 16.0 Å². The van der Waals surface area contributed by atoms with Crippen molar-refractivity contribution in [1.82, 2.24) is 4.98 Å². The van der Waals surface area contributed by atoms with Gasteiger partial charge in [0, 0.05) is 36.2 Å². The van der Waals surface area contributed by atoms with Crippen molar-refractivity contribution < 1.29 is 14.7 Å².